The normalized spacial score (nSPS) is 15.7. The number of hydrogen-bond acceptors (Lipinski definition) is 5. The van der Waals surface area contributed by atoms with E-state index in [2.05, 4.69) is 39.4 Å². The average molecular weight is 364 g/mol. The third-order valence-electron chi connectivity index (χ3n) is 4.85. The SMILES string of the molecule is C/C(=N\N=C(/C)c1ccc([N+](=O)[O-])cc1)c1ccc(N2CCCCC2)cc1. The van der Waals surface area contributed by atoms with Crippen molar-refractivity contribution in [1.29, 1.82) is 0 Å². The molecule has 2 aromatic rings. The highest BCUT2D eigenvalue weighted by Gasteiger charge is 2.11. The van der Waals surface area contributed by atoms with Gasteiger partial charge in [-0.1, -0.05) is 12.1 Å². The molecule has 3 rings (SSSR count). The van der Waals surface area contributed by atoms with Gasteiger partial charge in [-0.15, -0.1) is 0 Å². The minimum atomic E-state index is -0.411. The van der Waals surface area contributed by atoms with Crippen molar-refractivity contribution < 1.29 is 4.92 Å². The van der Waals surface area contributed by atoms with E-state index < -0.39 is 4.92 Å². The first-order chi connectivity index (χ1) is 13.0. The molecule has 0 aromatic heterocycles. The van der Waals surface area contributed by atoms with Crippen molar-refractivity contribution in [2.75, 3.05) is 18.0 Å². The minimum absolute atomic E-state index is 0.0695. The van der Waals surface area contributed by atoms with Crippen LogP contribution in [0.3, 0.4) is 0 Å². The van der Waals surface area contributed by atoms with E-state index in [4.69, 9.17) is 0 Å². The third kappa shape index (κ3) is 4.78. The number of nitro groups is 1. The lowest BCUT2D eigenvalue weighted by atomic mass is 10.1. The molecular weight excluding hydrogens is 340 g/mol. The molecule has 1 fully saturated rings. The van der Waals surface area contributed by atoms with Crippen LogP contribution >= 0.6 is 0 Å². The maximum atomic E-state index is 10.7. The maximum Gasteiger partial charge on any atom is 0.269 e. The zero-order valence-electron chi connectivity index (χ0n) is 15.8. The van der Waals surface area contributed by atoms with Gasteiger partial charge in [0.25, 0.3) is 5.69 Å². The van der Waals surface area contributed by atoms with Crippen molar-refractivity contribution in [3.8, 4) is 0 Å². The fraction of sp³-hybridized carbons (Fsp3) is 0.333. The number of nitro benzene ring substituents is 1. The third-order valence-corrected chi connectivity index (χ3v) is 4.85. The van der Waals surface area contributed by atoms with Crippen molar-refractivity contribution >= 4 is 22.8 Å². The fourth-order valence-electron chi connectivity index (χ4n) is 3.16. The van der Waals surface area contributed by atoms with Crippen LogP contribution in [0, 0.1) is 10.1 Å². The minimum Gasteiger partial charge on any atom is -0.372 e. The molecule has 1 heterocycles. The Labute approximate surface area is 159 Å². The molecule has 1 aliphatic rings. The summed E-state index contributed by atoms with van der Waals surface area (Å²) in [6, 6.07) is 14.8. The molecule has 6 nitrogen and oxygen atoms in total. The lowest BCUT2D eigenvalue weighted by molar-refractivity contribution is -0.384. The molecule has 0 aliphatic carbocycles. The summed E-state index contributed by atoms with van der Waals surface area (Å²) < 4.78 is 0. The van der Waals surface area contributed by atoms with Crippen LogP contribution in [0.15, 0.2) is 58.7 Å². The van der Waals surface area contributed by atoms with Gasteiger partial charge in [-0.3, -0.25) is 10.1 Å². The highest BCUT2D eigenvalue weighted by Crippen LogP contribution is 2.20. The van der Waals surface area contributed by atoms with E-state index in [1.165, 1.54) is 37.1 Å². The molecule has 0 bridgehead atoms. The molecule has 6 heteroatoms. The lowest BCUT2D eigenvalue weighted by Crippen LogP contribution is -2.29. The molecule has 0 unspecified atom stereocenters. The van der Waals surface area contributed by atoms with Crippen LogP contribution in [-0.2, 0) is 0 Å². The summed E-state index contributed by atoms with van der Waals surface area (Å²) >= 11 is 0. The van der Waals surface area contributed by atoms with Crippen LogP contribution in [-0.4, -0.2) is 29.4 Å². The summed E-state index contributed by atoms with van der Waals surface area (Å²) in [5, 5.41) is 19.3. The molecule has 0 radical (unpaired) electrons. The van der Waals surface area contributed by atoms with E-state index in [1.54, 1.807) is 12.1 Å². The highest BCUT2D eigenvalue weighted by molar-refractivity contribution is 6.01. The highest BCUT2D eigenvalue weighted by atomic mass is 16.6. The zero-order chi connectivity index (χ0) is 19.2. The molecule has 140 valence electrons. The molecule has 0 N–H and O–H groups in total. The predicted octanol–water partition coefficient (Wildman–Crippen LogP) is 4.82. The Kier molecular flexibility index (Phi) is 5.96. The van der Waals surface area contributed by atoms with Crippen LogP contribution in [0.5, 0.6) is 0 Å². The molecule has 0 amide bonds. The van der Waals surface area contributed by atoms with Crippen molar-refractivity contribution in [1.82, 2.24) is 0 Å². The Hall–Kier alpha value is -3.02. The number of piperidine rings is 1. The summed E-state index contributed by atoms with van der Waals surface area (Å²) in [4.78, 5) is 12.7. The summed E-state index contributed by atoms with van der Waals surface area (Å²) in [7, 11) is 0. The lowest BCUT2D eigenvalue weighted by Gasteiger charge is -2.28. The van der Waals surface area contributed by atoms with Gasteiger partial charge in [-0.2, -0.15) is 10.2 Å². The number of anilines is 1. The van der Waals surface area contributed by atoms with Gasteiger partial charge < -0.3 is 4.90 Å². The second-order valence-corrected chi connectivity index (χ2v) is 6.77. The van der Waals surface area contributed by atoms with E-state index in [9.17, 15) is 10.1 Å². The largest absolute Gasteiger partial charge is 0.372 e. The summed E-state index contributed by atoms with van der Waals surface area (Å²) in [5.74, 6) is 0. The van der Waals surface area contributed by atoms with Crippen LogP contribution in [0.25, 0.3) is 0 Å². The Morgan fingerprint density at radius 3 is 1.81 bits per heavy atom. The van der Waals surface area contributed by atoms with Gasteiger partial charge in [-0.05, 0) is 68.5 Å². The van der Waals surface area contributed by atoms with E-state index in [1.807, 2.05) is 13.8 Å². The number of non-ortho nitro benzene ring substituents is 1. The predicted molar refractivity (Wildman–Crippen MR) is 110 cm³/mol. The first-order valence-corrected chi connectivity index (χ1v) is 9.23. The van der Waals surface area contributed by atoms with Gasteiger partial charge in [-0.25, -0.2) is 0 Å². The van der Waals surface area contributed by atoms with Gasteiger partial charge in [0.1, 0.15) is 0 Å². The molecule has 0 atom stereocenters. The molecule has 1 saturated heterocycles. The maximum absolute atomic E-state index is 10.7. The molecule has 27 heavy (non-hydrogen) atoms. The van der Waals surface area contributed by atoms with E-state index in [0.717, 1.165) is 29.9 Å². The molecule has 1 aliphatic heterocycles. The number of rotatable bonds is 5. The van der Waals surface area contributed by atoms with Crippen LogP contribution < -0.4 is 4.90 Å². The Morgan fingerprint density at radius 2 is 1.33 bits per heavy atom. The quantitative estimate of drug-likeness (QED) is 0.434. The number of benzene rings is 2. The van der Waals surface area contributed by atoms with Gasteiger partial charge in [0, 0.05) is 30.9 Å². The van der Waals surface area contributed by atoms with Gasteiger partial charge in [0.15, 0.2) is 0 Å². The van der Waals surface area contributed by atoms with Gasteiger partial charge >= 0.3 is 0 Å². The smallest absolute Gasteiger partial charge is 0.269 e. The first kappa shape index (κ1) is 18.8. The summed E-state index contributed by atoms with van der Waals surface area (Å²) in [5.41, 5.74) is 4.74. The van der Waals surface area contributed by atoms with Crippen LogP contribution in [0.2, 0.25) is 0 Å². The number of hydrogen-bond donors (Lipinski definition) is 0. The fourth-order valence-corrected chi connectivity index (χ4v) is 3.16. The molecule has 2 aromatic carbocycles. The Morgan fingerprint density at radius 1 is 0.852 bits per heavy atom. The summed E-state index contributed by atoms with van der Waals surface area (Å²) in [6.07, 6.45) is 3.85. The Bertz CT molecular complexity index is 849. The number of nitrogens with zero attached hydrogens (tertiary/aromatic N) is 4. The van der Waals surface area contributed by atoms with Gasteiger partial charge in [0.2, 0.25) is 0 Å². The molecule has 0 saturated carbocycles. The van der Waals surface area contributed by atoms with Gasteiger partial charge in [0.05, 0.1) is 16.3 Å². The van der Waals surface area contributed by atoms with E-state index >= 15 is 0 Å². The molecular formula is C21H24N4O2. The topological polar surface area (TPSA) is 71.1 Å². The summed E-state index contributed by atoms with van der Waals surface area (Å²) in [6.45, 7) is 6.04. The average Bonchev–Trinajstić information content (AvgIpc) is 2.72. The first-order valence-electron chi connectivity index (χ1n) is 9.23. The van der Waals surface area contributed by atoms with Crippen molar-refractivity contribution in [3.63, 3.8) is 0 Å². The van der Waals surface area contributed by atoms with E-state index in [0.29, 0.717) is 5.71 Å². The molecule has 0 spiro atoms. The van der Waals surface area contributed by atoms with Crippen molar-refractivity contribution in [3.05, 3.63) is 69.8 Å². The standard InChI is InChI=1S/C21H24N4O2/c1-16(18-6-10-20(11-7-18)24-14-4-3-5-15-24)22-23-17(2)19-8-12-21(13-9-19)25(26)27/h6-13H,3-5,14-15H2,1-2H3/b22-16+,23-17+. The van der Waals surface area contributed by atoms with Crippen LogP contribution in [0.1, 0.15) is 44.2 Å². The second kappa shape index (κ2) is 8.58. The zero-order valence-corrected chi connectivity index (χ0v) is 15.8. The second-order valence-electron chi connectivity index (χ2n) is 6.77. The Balaban J connectivity index is 1.70. The van der Waals surface area contributed by atoms with E-state index in [-0.39, 0.29) is 5.69 Å². The monoisotopic (exact) mass is 364 g/mol. The van der Waals surface area contributed by atoms with Crippen LogP contribution in [0.4, 0.5) is 11.4 Å². The van der Waals surface area contributed by atoms with Crippen molar-refractivity contribution in [2.45, 2.75) is 33.1 Å². The van der Waals surface area contributed by atoms with Crippen molar-refractivity contribution in [2.24, 2.45) is 10.2 Å².